The average molecular weight is 233 g/mol. The Morgan fingerprint density at radius 2 is 2.42 bits per heavy atom. The molecule has 0 fully saturated rings. The quantitative estimate of drug-likeness (QED) is 0.736. The van der Waals surface area contributed by atoms with Crippen LogP contribution in [0, 0.1) is 6.92 Å². The third-order valence-electron chi connectivity index (χ3n) is 1.33. The smallest absolute Gasteiger partial charge is 0.374 e. The molecule has 0 amide bonds. The van der Waals surface area contributed by atoms with E-state index in [1.54, 1.807) is 13.0 Å². The maximum atomic E-state index is 11.1. The molecule has 0 bridgehead atoms. The van der Waals surface area contributed by atoms with Crippen molar-refractivity contribution in [2.24, 2.45) is 0 Å². The van der Waals surface area contributed by atoms with Crippen LogP contribution in [-0.4, -0.2) is 12.6 Å². The summed E-state index contributed by atoms with van der Waals surface area (Å²) >= 11 is 3.16. The summed E-state index contributed by atoms with van der Waals surface area (Å²) in [6.07, 6.45) is 0. The van der Waals surface area contributed by atoms with E-state index in [9.17, 15) is 4.79 Å². The van der Waals surface area contributed by atoms with Crippen LogP contribution in [0.4, 0.5) is 0 Å². The first kappa shape index (κ1) is 9.32. The van der Waals surface area contributed by atoms with Crippen LogP contribution in [0.25, 0.3) is 0 Å². The molecule has 1 heterocycles. The fraction of sp³-hybridized carbons (Fsp3) is 0.375. The number of hydrogen-bond acceptors (Lipinski definition) is 3. The van der Waals surface area contributed by atoms with Crippen molar-refractivity contribution < 1.29 is 13.9 Å². The van der Waals surface area contributed by atoms with Gasteiger partial charge in [-0.3, -0.25) is 0 Å². The lowest BCUT2D eigenvalue weighted by atomic mass is 10.3. The molecule has 12 heavy (non-hydrogen) atoms. The van der Waals surface area contributed by atoms with Crippen LogP contribution >= 0.6 is 15.9 Å². The molecule has 0 atom stereocenters. The van der Waals surface area contributed by atoms with E-state index in [4.69, 9.17) is 9.15 Å². The van der Waals surface area contributed by atoms with Crippen LogP contribution in [0.3, 0.4) is 0 Å². The zero-order valence-corrected chi connectivity index (χ0v) is 8.47. The van der Waals surface area contributed by atoms with Gasteiger partial charge in [0, 0.05) is 5.56 Å². The van der Waals surface area contributed by atoms with Gasteiger partial charge in [-0.25, -0.2) is 4.79 Å². The van der Waals surface area contributed by atoms with Gasteiger partial charge in [-0.2, -0.15) is 0 Å². The molecule has 0 aliphatic rings. The first-order valence-corrected chi connectivity index (χ1v) is 4.37. The molecule has 0 aliphatic carbocycles. The first-order chi connectivity index (χ1) is 5.65. The molecular weight excluding hydrogens is 224 g/mol. The molecule has 3 nitrogen and oxygen atoms in total. The number of hydrogen-bond donors (Lipinski definition) is 0. The van der Waals surface area contributed by atoms with Crippen LogP contribution in [0.1, 0.15) is 23.0 Å². The Bertz CT molecular complexity index is 271. The van der Waals surface area contributed by atoms with E-state index in [-0.39, 0.29) is 5.76 Å². The number of carbonyl (C=O) groups excluding carboxylic acids is 1. The van der Waals surface area contributed by atoms with E-state index in [0.29, 0.717) is 11.3 Å². The second-order valence-corrected chi connectivity index (χ2v) is 3.01. The lowest BCUT2D eigenvalue weighted by Crippen LogP contribution is -2.02. The van der Waals surface area contributed by atoms with Gasteiger partial charge < -0.3 is 9.15 Å². The maximum Gasteiger partial charge on any atom is 0.374 e. The summed E-state index contributed by atoms with van der Waals surface area (Å²) in [6, 6.07) is 1.64. The van der Waals surface area contributed by atoms with E-state index in [1.807, 2.05) is 6.92 Å². The van der Waals surface area contributed by atoms with Crippen LogP contribution in [0.15, 0.2) is 15.2 Å². The lowest BCUT2D eigenvalue weighted by Gasteiger charge is -1.95. The van der Waals surface area contributed by atoms with Crippen molar-refractivity contribution in [1.82, 2.24) is 0 Å². The summed E-state index contributed by atoms with van der Waals surface area (Å²) in [4.78, 5) is 11.1. The van der Waals surface area contributed by atoms with Crippen molar-refractivity contribution >= 4 is 21.9 Å². The Morgan fingerprint density at radius 1 is 1.75 bits per heavy atom. The molecule has 0 saturated heterocycles. The highest BCUT2D eigenvalue weighted by atomic mass is 79.9. The zero-order chi connectivity index (χ0) is 9.14. The highest BCUT2D eigenvalue weighted by Gasteiger charge is 2.13. The van der Waals surface area contributed by atoms with Crippen LogP contribution in [0.2, 0.25) is 0 Å². The molecule has 0 N–H and O–H groups in total. The summed E-state index contributed by atoms with van der Waals surface area (Å²) in [6.45, 7) is 3.95. The van der Waals surface area contributed by atoms with Crippen molar-refractivity contribution in [3.8, 4) is 0 Å². The van der Waals surface area contributed by atoms with Crippen LogP contribution < -0.4 is 0 Å². The molecule has 1 aromatic heterocycles. The molecule has 0 saturated carbocycles. The Hall–Kier alpha value is -0.770. The number of aryl methyl sites for hydroxylation is 1. The van der Waals surface area contributed by atoms with Crippen molar-refractivity contribution in [2.45, 2.75) is 13.8 Å². The van der Waals surface area contributed by atoms with Gasteiger partial charge in [-0.1, -0.05) is 0 Å². The fourth-order valence-corrected chi connectivity index (χ4v) is 1.05. The van der Waals surface area contributed by atoms with Gasteiger partial charge in [-0.15, -0.1) is 0 Å². The van der Waals surface area contributed by atoms with Crippen molar-refractivity contribution in [1.29, 1.82) is 0 Å². The molecular formula is C8H9BrO3. The largest absolute Gasteiger partial charge is 0.460 e. The Kier molecular flexibility index (Phi) is 2.92. The second kappa shape index (κ2) is 3.76. The number of ether oxygens (including phenoxy) is 1. The fourth-order valence-electron chi connectivity index (χ4n) is 0.763. The molecule has 1 aromatic rings. The summed E-state index contributed by atoms with van der Waals surface area (Å²) in [5.41, 5.74) is 0.887. The second-order valence-electron chi connectivity index (χ2n) is 2.29. The third kappa shape index (κ3) is 1.88. The predicted octanol–water partition coefficient (Wildman–Crippen LogP) is 2.53. The Labute approximate surface area is 78.8 Å². The number of furan rings is 1. The summed E-state index contributed by atoms with van der Waals surface area (Å²) in [5, 5.41) is 0. The van der Waals surface area contributed by atoms with Gasteiger partial charge in [0.1, 0.15) is 0 Å². The van der Waals surface area contributed by atoms with Gasteiger partial charge in [0.15, 0.2) is 4.67 Å². The van der Waals surface area contributed by atoms with Crippen molar-refractivity contribution in [3.05, 3.63) is 22.1 Å². The van der Waals surface area contributed by atoms with Crippen LogP contribution in [-0.2, 0) is 4.74 Å². The SMILES string of the molecule is CCOC(=O)c1cc(C)c(Br)o1. The van der Waals surface area contributed by atoms with Gasteiger partial charge in [-0.05, 0) is 35.8 Å². The van der Waals surface area contributed by atoms with Crippen molar-refractivity contribution in [3.63, 3.8) is 0 Å². The minimum atomic E-state index is -0.425. The average Bonchev–Trinajstić information content (AvgIpc) is 2.33. The molecule has 0 radical (unpaired) electrons. The zero-order valence-electron chi connectivity index (χ0n) is 6.89. The summed E-state index contributed by atoms with van der Waals surface area (Å²) < 4.78 is 10.4. The minimum Gasteiger partial charge on any atom is -0.460 e. The van der Waals surface area contributed by atoms with E-state index >= 15 is 0 Å². The minimum absolute atomic E-state index is 0.237. The maximum absolute atomic E-state index is 11.1. The summed E-state index contributed by atoms with van der Waals surface area (Å²) in [5.74, 6) is -0.187. The summed E-state index contributed by atoms with van der Waals surface area (Å²) in [7, 11) is 0. The third-order valence-corrected chi connectivity index (χ3v) is 2.12. The topological polar surface area (TPSA) is 39.4 Å². The normalized spacial score (nSPS) is 9.92. The monoisotopic (exact) mass is 232 g/mol. The van der Waals surface area contributed by atoms with E-state index in [2.05, 4.69) is 15.9 Å². The van der Waals surface area contributed by atoms with Gasteiger partial charge in [0.25, 0.3) is 0 Å². The van der Waals surface area contributed by atoms with Crippen LogP contribution in [0.5, 0.6) is 0 Å². The molecule has 1 rings (SSSR count). The predicted molar refractivity (Wildman–Crippen MR) is 47.1 cm³/mol. The molecule has 4 heteroatoms. The van der Waals surface area contributed by atoms with E-state index in [0.717, 1.165) is 5.56 Å². The van der Waals surface area contributed by atoms with Gasteiger partial charge >= 0.3 is 5.97 Å². The van der Waals surface area contributed by atoms with Gasteiger partial charge in [0.05, 0.1) is 6.61 Å². The standard InChI is InChI=1S/C8H9BrO3/c1-3-11-8(10)6-4-5(2)7(9)12-6/h4H,3H2,1-2H3. The van der Waals surface area contributed by atoms with E-state index < -0.39 is 5.97 Å². The van der Waals surface area contributed by atoms with Gasteiger partial charge in [0.2, 0.25) is 5.76 Å². The molecule has 0 unspecified atom stereocenters. The Morgan fingerprint density at radius 3 is 2.83 bits per heavy atom. The highest BCUT2D eigenvalue weighted by molar-refractivity contribution is 9.10. The lowest BCUT2D eigenvalue weighted by molar-refractivity contribution is 0.0488. The van der Waals surface area contributed by atoms with Crippen molar-refractivity contribution in [2.75, 3.05) is 6.61 Å². The molecule has 0 aliphatic heterocycles. The molecule has 66 valence electrons. The number of esters is 1. The number of carbonyl (C=O) groups is 1. The Balaban J connectivity index is 2.82. The molecule has 0 spiro atoms. The highest BCUT2D eigenvalue weighted by Crippen LogP contribution is 2.20. The van der Waals surface area contributed by atoms with E-state index in [1.165, 1.54) is 0 Å². The molecule has 0 aromatic carbocycles. The number of rotatable bonds is 2. The first-order valence-electron chi connectivity index (χ1n) is 3.58. The number of halogens is 1.